The lowest BCUT2D eigenvalue weighted by atomic mass is 10.0. The van der Waals surface area contributed by atoms with Gasteiger partial charge in [-0.2, -0.15) is 0 Å². The van der Waals surface area contributed by atoms with Gasteiger partial charge in [-0.3, -0.25) is 9.59 Å². The molecule has 16 heavy (non-hydrogen) atoms. The Hall–Kier alpha value is -1.06. The van der Waals surface area contributed by atoms with Gasteiger partial charge in [-0.15, -0.1) is 0 Å². The molecule has 1 aliphatic carbocycles. The number of hydrogen-bond acceptors (Lipinski definition) is 2. The van der Waals surface area contributed by atoms with Crippen molar-refractivity contribution in [3.05, 3.63) is 0 Å². The molecule has 4 nitrogen and oxygen atoms in total. The summed E-state index contributed by atoms with van der Waals surface area (Å²) in [5.74, 6) is 0.902. The third kappa shape index (κ3) is 2.97. The normalized spacial score (nSPS) is 23.0. The van der Waals surface area contributed by atoms with E-state index >= 15 is 0 Å². The highest BCUT2D eigenvalue weighted by atomic mass is 16.2. The second-order valence-electron chi connectivity index (χ2n) is 4.84. The number of nitrogens with zero attached hydrogens (tertiary/aromatic N) is 1. The zero-order chi connectivity index (χ0) is 11.4. The minimum atomic E-state index is 0.0659. The van der Waals surface area contributed by atoms with Gasteiger partial charge in [-0.05, 0) is 18.8 Å². The van der Waals surface area contributed by atoms with E-state index < -0.39 is 0 Å². The predicted molar refractivity (Wildman–Crippen MR) is 60.8 cm³/mol. The monoisotopic (exact) mass is 224 g/mol. The van der Waals surface area contributed by atoms with Gasteiger partial charge in [0.15, 0.2) is 0 Å². The second kappa shape index (κ2) is 5.32. The lowest BCUT2D eigenvalue weighted by molar-refractivity contribution is -0.132. The van der Waals surface area contributed by atoms with E-state index in [1.54, 1.807) is 0 Å². The highest BCUT2D eigenvalue weighted by molar-refractivity contribution is 5.80. The Morgan fingerprint density at radius 2 is 2.06 bits per heavy atom. The van der Waals surface area contributed by atoms with Gasteiger partial charge in [-0.1, -0.05) is 12.8 Å². The van der Waals surface area contributed by atoms with E-state index in [1.165, 1.54) is 25.7 Å². The van der Waals surface area contributed by atoms with Gasteiger partial charge in [-0.25, -0.2) is 0 Å². The highest BCUT2D eigenvalue weighted by Gasteiger charge is 2.23. The van der Waals surface area contributed by atoms with Gasteiger partial charge in [0.1, 0.15) is 0 Å². The van der Waals surface area contributed by atoms with Gasteiger partial charge in [0.05, 0.1) is 0 Å². The second-order valence-corrected chi connectivity index (χ2v) is 4.84. The molecule has 0 spiro atoms. The molecule has 1 heterocycles. The van der Waals surface area contributed by atoms with Crippen LogP contribution in [-0.2, 0) is 9.59 Å². The molecule has 4 heteroatoms. The van der Waals surface area contributed by atoms with Gasteiger partial charge in [0.2, 0.25) is 11.8 Å². The molecule has 2 fully saturated rings. The summed E-state index contributed by atoms with van der Waals surface area (Å²) in [6.07, 6.45) is 6.11. The number of carbonyl (C=O) groups excluding carboxylic acids is 2. The van der Waals surface area contributed by atoms with Crippen molar-refractivity contribution in [2.24, 2.45) is 5.92 Å². The predicted octanol–water partition coefficient (Wildman–Crippen LogP) is 0.915. The summed E-state index contributed by atoms with van der Waals surface area (Å²) in [5.41, 5.74) is 0. The van der Waals surface area contributed by atoms with Crippen molar-refractivity contribution in [2.45, 2.75) is 38.5 Å². The van der Waals surface area contributed by atoms with Crippen LogP contribution in [0.25, 0.3) is 0 Å². The smallest absolute Gasteiger partial charge is 0.222 e. The highest BCUT2D eigenvalue weighted by Crippen LogP contribution is 2.28. The number of carbonyl (C=O) groups is 2. The molecule has 2 aliphatic rings. The fraction of sp³-hybridized carbons (Fsp3) is 0.833. The first-order valence-corrected chi connectivity index (χ1v) is 6.30. The fourth-order valence-corrected chi connectivity index (χ4v) is 2.61. The quantitative estimate of drug-likeness (QED) is 0.758. The van der Waals surface area contributed by atoms with Crippen LogP contribution in [0.3, 0.4) is 0 Å². The molecule has 0 unspecified atom stereocenters. The minimum absolute atomic E-state index is 0.0659. The fourth-order valence-electron chi connectivity index (χ4n) is 2.61. The maximum atomic E-state index is 12.0. The van der Waals surface area contributed by atoms with Crippen molar-refractivity contribution in [1.29, 1.82) is 0 Å². The molecule has 2 amide bonds. The van der Waals surface area contributed by atoms with Gasteiger partial charge >= 0.3 is 0 Å². The third-order valence-electron chi connectivity index (χ3n) is 3.60. The number of amides is 2. The van der Waals surface area contributed by atoms with Crippen molar-refractivity contribution in [2.75, 3.05) is 19.6 Å². The number of nitrogens with one attached hydrogen (secondary N) is 1. The molecule has 0 aromatic heterocycles. The molecule has 0 bridgehead atoms. The Kier molecular flexibility index (Phi) is 3.80. The summed E-state index contributed by atoms with van der Waals surface area (Å²) < 4.78 is 0. The molecular weight excluding hydrogens is 204 g/mol. The summed E-state index contributed by atoms with van der Waals surface area (Å²) >= 11 is 0. The Balaban J connectivity index is 1.81. The maximum absolute atomic E-state index is 12.0. The van der Waals surface area contributed by atoms with Crippen LogP contribution in [0.5, 0.6) is 0 Å². The van der Waals surface area contributed by atoms with Crippen molar-refractivity contribution in [3.8, 4) is 0 Å². The Labute approximate surface area is 96.4 Å². The van der Waals surface area contributed by atoms with E-state index in [9.17, 15) is 9.59 Å². The first-order valence-electron chi connectivity index (χ1n) is 6.30. The van der Waals surface area contributed by atoms with Crippen LogP contribution < -0.4 is 5.32 Å². The zero-order valence-corrected chi connectivity index (χ0v) is 9.71. The summed E-state index contributed by atoms with van der Waals surface area (Å²) in [6.45, 7) is 1.88. The van der Waals surface area contributed by atoms with Crippen LogP contribution in [0.4, 0.5) is 0 Å². The molecule has 0 radical (unpaired) electrons. The van der Waals surface area contributed by atoms with Crippen LogP contribution in [0.15, 0.2) is 0 Å². The van der Waals surface area contributed by atoms with E-state index in [4.69, 9.17) is 0 Å². The average molecular weight is 224 g/mol. The lowest BCUT2D eigenvalue weighted by Gasteiger charge is -2.21. The molecule has 1 N–H and O–H groups in total. The summed E-state index contributed by atoms with van der Waals surface area (Å²) in [6, 6.07) is 0. The topological polar surface area (TPSA) is 49.4 Å². The molecule has 1 saturated carbocycles. The van der Waals surface area contributed by atoms with E-state index in [-0.39, 0.29) is 11.8 Å². The number of hydrogen-bond donors (Lipinski definition) is 1. The minimum Gasteiger partial charge on any atom is -0.354 e. The largest absolute Gasteiger partial charge is 0.354 e. The third-order valence-corrected chi connectivity index (χ3v) is 3.60. The van der Waals surface area contributed by atoms with Crippen LogP contribution in [0, 0.1) is 5.92 Å². The van der Waals surface area contributed by atoms with Gasteiger partial charge in [0.25, 0.3) is 0 Å². The number of rotatable bonds is 2. The SMILES string of the molecule is O=C1CCN(C(=O)CC2CCCC2)CCN1. The van der Waals surface area contributed by atoms with Crippen LogP contribution >= 0.6 is 0 Å². The molecule has 90 valence electrons. The summed E-state index contributed by atoms with van der Waals surface area (Å²) in [5, 5.41) is 2.79. The van der Waals surface area contributed by atoms with E-state index in [1.807, 2.05) is 4.90 Å². The summed E-state index contributed by atoms with van der Waals surface area (Å²) in [4.78, 5) is 25.0. The Morgan fingerprint density at radius 1 is 1.31 bits per heavy atom. The first kappa shape index (κ1) is 11.4. The molecule has 1 aliphatic heterocycles. The van der Waals surface area contributed by atoms with E-state index in [2.05, 4.69) is 5.32 Å². The molecule has 0 aromatic rings. The first-order chi connectivity index (χ1) is 7.75. The Bertz CT molecular complexity index is 272. The molecule has 2 rings (SSSR count). The maximum Gasteiger partial charge on any atom is 0.222 e. The van der Waals surface area contributed by atoms with Crippen LogP contribution in [0.2, 0.25) is 0 Å². The van der Waals surface area contributed by atoms with Gasteiger partial charge < -0.3 is 10.2 Å². The summed E-state index contributed by atoms with van der Waals surface area (Å²) in [7, 11) is 0. The van der Waals surface area contributed by atoms with Crippen molar-refractivity contribution >= 4 is 11.8 Å². The van der Waals surface area contributed by atoms with Crippen molar-refractivity contribution < 1.29 is 9.59 Å². The van der Waals surface area contributed by atoms with Crippen LogP contribution in [-0.4, -0.2) is 36.3 Å². The standard InChI is InChI=1S/C12H20N2O2/c15-11-5-7-14(8-6-13-11)12(16)9-10-3-1-2-4-10/h10H,1-9H2,(H,13,15). The Morgan fingerprint density at radius 3 is 2.81 bits per heavy atom. The molecular formula is C12H20N2O2. The van der Waals surface area contributed by atoms with Crippen molar-refractivity contribution in [3.63, 3.8) is 0 Å². The molecule has 0 atom stereocenters. The lowest BCUT2D eigenvalue weighted by Crippen LogP contribution is -2.35. The van der Waals surface area contributed by atoms with Gasteiger partial charge in [0, 0.05) is 32.5 Å². The van der Waals surface area contributed by atoms with Crippen LogP contribution in [0.1, 0.15) is 38.5 Å². The molecule has 1 saturated heterocycles. The van der Waals surface area contributed by atoms with Crippen molar-refractivity contribution in [1.82, 2.24) is 10.2 Å². The average Bonchev–Trinajstić information content (AvgIpc) is 2.66. The van der Waals surface area contributed by atoms with E-state index in [0.29, 0.717) is 38.4 Å². The zero-order valence-electron chi connectivity index (χ0n) is 9.71. The molecule has 0 aromatic carbocycles. The van der Waals surface area contributed by atoms with E-state index in [0.717, 1.165) is 0 Å².